The van der Waals surface area contributed by atoms with E-state index in [2.05, 4.69) is 6.07 Å². The fraction of sp³-hybridized carbons (Fsp3) is 0.300. The van der Waals surface area contributed by atoms with E-state index in [0.717, 1.165) is 12.0 Å². The quantitative estimate of drug-likeness (QED) is 0.676. The molecule has 1 rings (SSSR count). The van der Waals surface area contributed by atoms with Crippen LogP contribution in [0.3, 0.4) is 0 Å². The second kappa shape index (κ2) is 4.53. The zero-order valence-electron chi connectivity index (χ0n) is 7.08. The standard InChI is InChI=1S/C10H11NO/c1-12-6-5-9-3-2-4-10(7-9)8-11/h2-4,7H,5-6H2,1H3. The average molecular weight is 161 g/mol. The van der Waals surface area contributed by atoms with Crippen LogP contribution in [0.2, 0.25) is 0 Å². The minimum atomic E-state index is 0.703. The van der Waals surface area contributed by atoms with E-state index in [1.165, 1.54) is 0 Å². The lowest BCUT2D eigenvalue weighted by Crippen LogP contribution is -1.94. The Hall–Kier alpha value is -1.33. The van der Waals surface area contributed by atoms with E-state index in [9.17, 15) is 0 Å². The summed E-state index contributed by atoms with van der Waals surface area (Å²) in [5, 5.41) is 8.61. The van der Waals surface area contributed by atoms with Crippen LogP contribution in [-0.2, 0) is 11.2 Å². The third-order valence-electron chi connectivity index (χ3n) is 1.65. The lowest BCUT2D eigenvalue weighted by atomic mass is 10.1. The zero-order chi connectivity index (χ0) is 8.81. The lowest BCUT2D eigenvalue weighted by molar-refractivity contribution is 0.202. The van der Waals surface area contributed by atoms with E-state index in [0.29, 0.717) is 12.2 Å². The van der Waals surface area contributed by atoms with Gasteiger partial charge in [-0.05, 0) is 24.1 Å². The third kappa shape index (κ3) is 2.37. The van der Waals surface area contributed by atoms with Crippen molar-refractivity contribution in [1.82, 2.24) is 0 Å². The van der Waals surface area contributed by atoms with Crippen LogP contribution < -0.4 is 0 Å². The van der Waals surface area contributed by atoms with Crippen LogP contribution in [0.4, 0.5) is 0 Å². The molecule has 0 unspecified atom stereocenters. The summed E-state index contributed by atoms with van der Waals surface area (Å²) in [6, 6.07) is 9.69. The maximum Gasteiger partial charge on any atom is 0.0991 e. The summed E-state index contributed by atoms with van der Waals surface area (Å²) in [5.41, 5.74) is 1.86. The molecular formula is C10H11NO. The lowest BCUT2D eigenvalue weighted by Gasteiger charge is -1.99. The van der Waals surface area contributed by atoms with Gasteiger partial charge >= 0.3 is 0 Å². The maximum absolute atomic E-state index is 8.61. The molecule has 1 aromatic rings. The summed E-state index contributed by atoms with van der Waals surface area (Å²) in [6.45, 7) is 0.703. The molecule has 0 saturated heterocycles. The van der Waals surface area contributed by atoms with Crippen molar-refractivity contribution < 1.29 is 4.74 Å². The molecule has 0 bridgehead atoms. The van der Waals surface area contributed by atoms with Gasteiger partial charge in [0.15, 0.2) is 0 Å². The van der Waals surface area contributed by atoms with Crippen molar-refractivity contribution in [2.45, 2.75) is 6.42 Å². The monoisotopic (exact) mass is 161 g/mol. The van der Waals surface area contributed by atoms with Crippen molar-refractivity contribution in [1.29, 1.82) is 5.26 Å². The van der Waals surface area contributed by atoms with Gasteiger partial charge < -0.3 is 4.74 Å². The first kappa shape index (κ1) is 8.76. The summed E-state index contributed by atoms with van der Waals surface area (Å²) < 4.78 is 4.94. The fourth-order valence-electron chi connectivity index (χ4n) is 1.02. The molecule has 0 saturated carbocycles. The highest BCUT2D eigenvalue weighted by atomic mass is 16.5. The Balaban J connectivity index is 2.68. The van der Waals surface area contributed by atoms with Gasteiger partial charge in [0.05, 0.1) is 18.2 Å². The maximum atomic E-state index is 8.61. The van der Waals surface area contributed by atoms with Gasteiger partial charge in [-0.25, -0.2) is 0 Å². The molecule has 0 heterocycles. The summed E-state index contributed by atoms with van der Waals surface area (Å²) >= 11 is 0. The third-order valence-corrected chi connectivity index (χ3v) is 1.65. The summed E-state index contributed by atoms with van der Waals surface area (Å²) in [5.74, 6) is 0. The number of hydrogen-bond acceptors (Lipinski definition) is 2. The van der Waals surface area contributed by atoms with E-state index >= 15 is 0 Å². The molecular weight excluding hydrogens is 150 g/mol. The van der Waals surface area contributed by atoms with Crippen molar-refractivity contribution in [3.63, 3.8) is 0 Å². The molecule has 0 aliphatic carbocycles. The predicted molar refractivity (Wildman–Crippen MR) is 46.7 cm³/mol. The molecule has 0 N–H and O–H groups in total. The first-order chi connectivity index (χ1) is 5.86. The molecule has 62 valence electrons. The van der Waals surface area contributed by atoms with Crippen molar-refractivity contribution in [2.24, 2.45) is 0 Å². The zero-order valence-corrected chi connectivity index (χ0v) is 7.08. The number of nitrogens with zero attached hydrogens (tertiary/aromatic N) is 1. The molecule has 0 atom stereocenters. The minimum absolute atomic E-state index is 0.703. The molecule has 1 aromatic carbocycles. The highest BCUT2D eigenvalue weighted by Crippen LogP contribution is 2.04. The molecule has 0 fully saturated rings. The van der Waals surface area contributed by atoms with Gasteiger partial charge in [0.25, 0.3) is 0 Å². The first-order valence-corrected chi connectivity index (χ1v) is 3.85. The van der Waals surface area contributed by atoms with Crippen molar-refractivity contribution in [3.05, 3.63) is 35.4 Å². The van der Waals surface area contributed by atoms with Gasteiger partial charge in [0, 0.05) is 7.11 Å². The van der Waals surface area contributed by atoms with Gasteiger partial charge in [-0.15, -0.1) is 0 Å². The molecule has 2 heteroatoms. The molecule has 0 amide bonds. The van der Waals surface area contributed by atoms with Crippen molar-refractivity contribution in [3.8, 4) is 6.07 Å². The van der Waals surface area contributed by atoms with Crippen LogP contribution >= 0.6 is 0 Å². The Kier molecular flexibility index (Phi) is 3.31. The summed E-state index contributed by atoms with van der Waals surface area (Å²) in [6.07, 6.45) is 0.867. The smallest absolute Gasteiger partial charge is 0.0991 e. The Labute approximate surface area is 72.4 Å². The molecule has 12 heavy (non-hydrogen) atoms. The van der Waals surface area contributed by atoms with E-state index in [4.69, 9.17) is 10.00 Å². The first-order valence-electron chi connectivity index (χ1n) is 3.85. The number of nitriles is 1. The second-order valence-corrected chi connectivity index (χ2v) is 2.55. The number of rotatable bonds is 3. The molecule has 0 spiro atoms. The topological polar surface area (TPSA) is 33.0 Å². The molecule has 0 aliphatic heterocycles. The molecule has 0 aromatic heterocycles. The van der Waals surface area contributed by atoms with Crippen LogP contribution in [0.5, 0.6) is 0 Å². The molecule has 2 nitrogen and oxygen atoms in total. The van der Waals surface area contributed by atoms with Crippen molar-refractivity contribution in [2.75, 3.05) is 13.7 Å². The van der Waals surface area contributed by atoms with Gasteiger partial charge in [-0.2, -0.15) is 5.26 Å². The molecule has 0 radical (unpaired) electrons. The molecule has 0 aliphatic rings. The second-order valence-electron chi connectivity index (χ2n) is 2.55. The van der Waals surface area contributed by atoms with Gasteiger partial charge in [-0.1, -0.05) is 12.1 Å². The van der Waals surface area contributed by atoms with Crippen LogP contribution in [0.15, 0.2) is 24.3 Å². The Bertz CT molecular complexity index is 288. The van der Waals surface area contributed by atoms with Crippen LogP contribution in [0.25, 0.3) is 0 Å². The summed E-state index contributed by atoms with van der Waals surface area (Å²) in [7, 11) is 1.67. The number of ether oxygens (including phenoxy) is 1. The largest absolute Gasteiger partial charge is 0.384 e. The minimum Gasteiger partial charge on any atom is -0.384 e. The van der Waals surface area contributed by atoms with Crippen LogP contribution in [0, 0.1) is 11.3 Å². The van der Waals surface area contributed by atoms with Gasteiger partial charge in [-0.3, -0.25) is 0 Å². The Morgan fingerprint density at radius 3 is 3.00 bits per heavy atom. The average Bonchev–Trinajstić information content (AvgIpc) is 2.15. The van der Waals surface area contributed by atoms with Crippen molar-refractivity contribution >= 4 is 0 Å². The normalized spacial score (nSPS) is 9.33. The van der Waals surface area contributed by atoms with E-state index in [-0.39, 0.29) is 0 Å². The summed E-state index contributed by atoms with van der Waals surface area (Å²) in [4.78, 5) is 0. The number of hydrogen-bond donors (Lipinski definition) is 0. The van der Waals surface area contributed by atoms with E-state index in [1.54, 1.807) is 13.2 Å². The SMILES string of the molecule is COCCc1cccc(C#N)c1. The predicted octanol–water partition coefficient (Wildman–Crippen LogP) is 1.75. The highest BCUT2D eigenvalue weighted by Gasteiger charge is 1.93. The number of benzene rings is 1. The fourth-order valence-corrected chi connectivity index (χ4v) is 1.02. The van der Waals surface area contributed by atoms with E-state index in [1.807, 2.05) is 18.2 Å². The van der Waals surface area contributed by atoms with Crippen LogP contribution in [-0.4, -0.2) is 13.7 Å². The van der Waals surface area contributed by atoms with Gasteiger partial charge in [0.1, 0.15) is 0 Å². The highest BCUT2D eigenvalue weighted by molar-refractivity contribution is 5.32. The van der Waals surface area contributed by atoms with Crippen LogP contribution in [0.1, 0.15) is 11.1 Å². The van der Waals surface area contributed by atoms with Gasteiger partial charge in [0.2, 0.25) is 0 Å². The Morgan fingerprint density at radius 2 is 2.33 bits per heavy atom. The Morgan fingerprint density at radius 1 is 1.50 bits per heavy atom. The van der Waals surface area contributed by atoms with E-state index < -0.39 is 0 Å². The number of methoxy groups -OCH3 is 1.